The van der Waals surface area contributed by atoms with Crippen molar-refractivity contribution in [2.24, 2.45) is 4.99 Å². The summed E-state index contributed by atoms with van der Waals surface area (Å²) in [7, 11) is 3.75. The molecule has 3 N–H and O–H groups in total. The summed E-state index contributed by atoms with van der Waals surface area (Å²) in [6, 6.07) is 4.03. The van der Waals surface area contributed by atoms with Gasteiger partial charge in [0, 0.05) is 38.3 Å². The van der Waals surface area contributed by atoms with Gasteiger partial charge in [-0.1, -0.05) is 0 Å². The Labute approximate surface area is 141 Å². The first-order chi connectivity index (χ1) is 9.13. The van der Waals surface area contributed by atoms with Gasteiger partial charge < -0.3 is 20.3 Å². The fraction of sp³-hybridized carbons (Fsp3) is 0.615. The Balaban J connectivity index is 0.00000200. The molecule has 0 saturated carbocycles. The second kappa shape index (κ2) is 8.14. The van der Waals surface area contributed by atoms with Crippen LogP contribution in [-0.2, 0) is 6.54 Å². The van der Waals surface area contributed by atoms with Crippen molar-refractivity contribution in [3.05, 3.63) is 24.0 Å². The van der Waals surface area contributed by atoms with Crippen molar-refractivity contribution in [2.75, 3.05) is 32.1 Å². The largest absolute Gasteiger partial charge is 0.387 e. The van der Waals surface area contributed by atoms with Crippen molar-refractivity contribution in [3.63, 3.8) is 0 Å². The first kappa shape index (κ1) is 17.6. The number of nitrogens with one attached hydrogen (secondary N) is 2. The predicted molar refractivity (Wildman–Crippen MR) is 95.9 cm³/mol. The summed E-state index contributed by atoms with van der Waals surface area (Å²) in [4.78, 5) is 9.47. The lowest BCUT2D eigenvalue weighted by Gasteiger charge is -2.26. The van der Waals surface area contributed by atoms with Crippen molar-refractivity contribution in [1.82, 2.24) is 15.2 Å². The SMILES string of the molecule is CN=C(NCC1(O)CCSC1)N(C)Cc1ccc[nH]1.I. The van der Waals surface area contributed by atoms with Crippen molar-refractivity contribution in [2.45, 2.75) is 18.6 Å². The van der Waals surface area contributed by atoms with E-state index in [-0.39, 0.29) is 24.0 Å². The monoisotopic (exact) mass is 410 g/mol. The molecule has 1 fully saturated rings. The van der Waals surface area contributed by atoms with E-state index in [1.165, 1.54) is 0 Å². The van der Waals surface area contributed by atoms with Crippen LogP contribution in [0, 0.1) is 0 Å². The fourth-order valence-corrected chi connectivity index (χ4v) is 3.46. The Morgan fingerprint density at radius 1 is 1.65 bits per heavy atom. The zero-order valence-corrected chi connectivity index (χ0v) is 15.1. The van der Waals surface area contributed by atoms with E-state index in [0.29, 0.717) is 6.54 Å². The van der Waals surface area contributed by atoms with Gasteiger partial charge in [0.1, 0.15) is 0 Å². The van der Waals surface area contributed by atoms with Crippen LogP contribution in [0.5, 0.6) is 0 Å². The van der Waals surface area contributed by atoms with Crippen LogP contribution in [0.25, 0.3) is 0 Å². The molecule has 7 heteroatoms. The molecule has 1 unspecified atom stereocenters. The van der Waals surface area contributed by atoms with Crippen LogP contribution < -0.4 is 5.32 Å². The molecule has 5 nitrogen and oxygen atoms in total. The molecule has 2 rings (SSSR count). The number of thioether (sulfide) groups is 1. The Bertz CT molecular complexity index is 418. The third-order valence-corrected chi connectivity index (χ3v) is 4.54. The van der Waals surface area contributed by atoms with Gasteiger partial charge in [-0.15, -0.1) is 24.0 Å². The van der Waals surface area contributed by atoms with Crippen LogP contribution in [0.1, 0.15) is 12.1 Å². The van der Waals surface area contributed by atoms with Crippen LogP contribution in [0.15, 0.2) is 23.3 Å². The van der Waals surface area contributed by atoms with Gasteiger partial charge in [-0.05, 0) is 24.3 Å². The predicted octanol–water partition coefficient (Wildman–Crippen LogP) is 1.51. The normalized spacial score (nSPS) is 22.4. The molecule has 1 atom stereocenters. The van der Waals surface area contributed by atoms with Gasteiger partial charge in [0.2, 0.25) is 0 Å². The van der Waals surface area contributed by atoms with E-state index in [0.717, 1.165) is 36.1 Å². The molecule has 0 aliphatic carbocycles. The Hall–Kier alpha value is -0.410. The Kier molecular flexibility index (Phi) is 7.18. The van der Waals surface area contributed by atoms with Crippen LogP contribution >= 0.6 is 35.7 Å². The Morgan fingerprint density at radius 2 is 2.45 bits per heavy atom. The van der Waals surface area contributed by atoms with Crippen LogP contribution in [-0.4, -0.2) is 58.7 Å². The summed E-state index contributed by atoms with van der Waals surface area (Å²) in [5.74, 6) is 2.65. The highest BCUT2D eigenvalue weighted by Crippen LogP contribution is 2.26. The first-order valence-electron chi connectivity index (χ1n) is 6.47. The van der Waals surface area contributed by atoms with E-state index in [1.807, 2.05) is 30.3 Å². The van der Waals surface area contributed by atoms with Crippen LogP contribution in [0.4, 0.5) is 0 Å². The zero-order chi connectivity index (χ0) is 13.7. The number of H-pyrrole nitrogens is 1. The number of aromatic amines is 1. The van der Waals surface area contributed by atoms with Gasteiger partial charge in [0.15, 0.2) is 5.96 Å². The lowest BCUT2D eigenvalue weighted by molar-refractivity contribution is 0.0718. The maximum Gasteiger partial charge on any atom is 0.193 e. The number of aliphatic imine (C=N–C) groups is 1. The van der Waals surface area contributed by atoms with Crippen molar-refractivity contribution in [3.8, 4) is 0 Å². The summed E-state index contributed by atoms with van der Waals surface area (Å²) in [6.07, 6.45) is 2.76. The second-order valence-corrected chi connectivity index (χ2v) is 6.08. The van der Waals surface area contributed by atoms with Gasteiger partial charge in [0.05, 0.1) is 12.1 Å². The molecule has 114 valence electrons. The number of hydrogen-bond donors (Lipinski definition) is 3. The zero-order valence-electron chi connectivity index (χ0n) is 11.9. The first-order valence-corrected chi connectivity index (χ1v) is 7.63. The van der Waals surface area contributed by atoms with Gasteiger partial charge in [-0.25, -0.2) is 0 Å². The highest BCUT2D eigenvalue weighted by atomic mass is 127. The van der Waals surface area contributed by atoms with Gasteiger partial charge in [-0.3, -0.25) is 4.99 Å². The second-order valence-electron chi connectivity index (χ2n) is 4.98. The van der Waals surface area contributed by atoms with Gasteiger partial charge in [-0.2, -0.15) is 11.8 Å². The summed E-state index contributed by atoms with van der Waals surface area (Å²) in [5, 5.41) is 13.6. The minimum absolute atomic E-state index is 0. The molecular formula is C13H23IN4OS. The van der Waals surface area contributed by atoms with E-state index in [1.54, 1.807) is 18.8 Å². The smallest absolute Gasteiger partial charge is 0.193 e. The molecule has 1 saturated heterocycles. The highest BCUT2D eigenvalue weighted by Gasteiger charge is 2.31. The molecule has 1 aromatic heterocycles. The van der Waals surface area contributed by atoms with Gasteiger partial charge in [0.25, 0.3) is 0 Å². The van der Waals surface area contributed by atoms with Crippen molar-refractivity contribution >= 4 is 41.7 Å². The molecule has 0 spiro atoms. The van der Waals surface area contributed by atoms with E-state index in [9.17, 15) is 5.11 Å². The third-order valence-electron chi connectivity index (χ3n) is 3.30. The van der Waals surface area contributed by atoms with E-state index < -0.39 is 5.60 Å². The Morgan fingerprint density at radius 3 is 3.00 bits per heavy atom. The van der Waals surface area contributed by atoms with E-state index >= 15 is 0 Å². The molecule has 0 aromatic carbocycles. The standard InChI is InChI=1S/C13H22N4OS.HI/c1-14-12(16-9-13(18)5-7-19-10-13)17(2)8-11-4-3-6-15-11;/h3-4,6,15,18H,5,7-10H2,1-2H3,(H,14,16);1H. The van der Waals surface area contributed by atoms with E-state index in [4.69, 9.17) is 0 Å². The molecule has 0 radical (unpaired) electrons. The summed E-state index contributed by atoms with van der Waals surface area (Å²) < 4.78 is 0. The highest BCUT2D eigenvalue weighted by molar-refractivity contribution is 14.0. The molecule has 1 aromatic rings. The average Bonchev–Trinajstić information content (AvgIpc) is 3.02. The number of aromatic nitrogens is 1. The third kappa shape index (κ3) is 4.85. The molecule has 20 heavy (non-hydrogen) atoms. The minimum Gasteiger partial charge on any atom is -0.387 e. The number of aliphatic hydroxyl groups is 1. The number of rotatable bonds is 4. The lowest BCUT2D eigenvalue weighted by Crippen LogP contribution is -2.47. The van der Waals surface area contributed by atoms with Crippen molar-refractivity contribution in [1.29, 1.82) is 0 Å². The average molecular weight is 410 g/mol. The molecule has 1 aliphatic heterocycles. The van der Waals surface area contributed by atoms with Gasteiger partial charge >= 0.3 is 0 Å². The molecule has 2 heterocycles. The number of nitrogens with zero attached hydrogens (tertiary/aromatic N) is 2. The van der Waals surface area contributed by atoms with Crippen molar-refractivity contribution < 1.29 is 5.11 Å². The number of guanidine groups is 1. The maximum absolute atomic E-state index is 10.3. The van der Waals surface area contributed by atoms with Crippen LogP contribution in [0.2, 0.25) is 0 Å². The number of halogens is 1. The topological polar surface area (TPSA) is 63.7 Å². The lowest BCUT2D eigenvalue weighted by atomic mass is 10.0. The molecular weight excluding hydrogens is 387 g/mol. The fourth-order valence-electron chi connectivity index (χ4n) is 2.16. The molecule has 1 aliphatic rings. The number of hydrogen-bond acceptors (Lipinski definition) is 3. The summed E-state index contributed by atoms with van der Waals surface area (Å²) in [6.45, 7) is 1.32. The quantitative estimate of drug-likeness (QED) is 0.400. The summed E-state index contributed by atoms with van der Waals surface area (Å²) in [5.41, 5.74) is 0.550. The molecule has 0 bridgehead atoms. The summed E-state index contributed by atoms with van der Waals surface area (Å²) >= 11 is 1.80. The van der Waals surface area contributed by atoms with E-state index in [2.05, 4.69) is 15.3 Å². The molecule has 0 amide bonds. The maximum atomic E-state index is 10.3. The van der Waals surface area contributed by atoms with Crippen LogP contribution in [0.3, 0.4) is 0 Å². The minimum atomic E-state index is -0.589.